The molecule has 0 spiro atoms. The van der Waals surface area contributed by atoms with Gasteiger partial charge in [-0.05, 0) is 37.5 Å². The van der Waals surface area contributed by atoms with Crippen LogP contribution in [-0.2, 0) is 6.42 Å². The molecule has 0 aliphatic heterocycles. The Morgan fingerprint density at radius 2 is 1.81 bits per heavy atom. The van der Waals surface area contributed by atoms with Crippen LogP contribution in [0.15, 0.2) is 18.5 Å². The summed E-state index contributed by atoms with van der Waals surface area (Å²) in [6.45, 7) is 6.43. The van der Waals surface area contributed by atoms with Crippen molar-refractivity contribution in [3.05, 3.63) is 46.4 Å². The second-order valence-electron chi connectivity index (χ2n) is 4.50. The molecule has 0 saturated heterocycles. The minimum atomic E-state index is 0.991. The highest BCUT2D eigenvalue weighted by Gasteiger charge is 2.23. The van der Waals surface area contributed by atoms with Gasteiger partial charge in [0.1, 0.15) is 6.33 Å². The molecule has 0 amide bonds. The predicted octanol–water partition coefficient (Wildman–Crippen LogP) is 2.97. The van der Waals surface area contributed by atoms with E-state index in [0.29, 0.717) is 0 Å². The van der Waals surface area contributed by atoms with Crippen molar-refractivity contribution >= 4 is 0 Å². The Balaban J connectivity index is 2.32. The lowest BCUT2D eigenvalue weighted by Gasteiger charge is -2.06. The average Bonchev–Trinajstić information content (AvgIpc) is 2.65. The monoisotopic (exact) mass is 210 g/mol. The van der Waals surface area contributed by atoms with Crippen LogP contribution in [-0.4, -0.2) is 9.97 Å². The Bertz CT molecular complexity index is 586. The molecule has 0 saturated carbocycles. The third-order valence-corrected chi connectivity index (χ3v) is 3.64. The van der Waals surface area contributed by atoms with Crippen molar-refractivity contribution in [2.24, 2.45) is 0 Å². The molecule has 0 atom stereocenters. The molecule has 2 nitrogen and oxygen atoms in total. The van der Waals surface area contributed by atoms with Gasteiger partial charge in [0.2, 0.25) is 0 Å². The zero-order chi connectivity index (χ0) is 11.3. The van der Waals surface area contributed by atoms with E-state index in [-0.39, 0.29) is 0 Å². The summed E-state index contributed by atoms with van der Waals surface area (Å²) in [7, 11) is 0. The summed E-state index contributed by atoms with van der Waals surface area (Å²) in [6, 6.07) is 4.37. The van der Waals surface area contributed by atoms with Gasteiger partial charge in [-0.3, -0.25) is 0 Å². The zero-order valence-electron chi connectivity index (χ0n) is 9.83. The summed E-state index contributed by atoms with van der Waals surface area (Å²) >= 11 is 0. The summed E-state index contributed by atoms with van der Waals surface area (Å²) in [5.41, 5.74) is 9.02. The first-order chi connectivity index (χ1) is 7.68. The number of rotatable bonds is 0. The lowest BCUT2D eigenvalue weighted by atomic mass is 9.99. The summed E-state index contributed by atoms with van der Waals surface area (Å²) in [6.07, 6.45) is 2.66. The molecular weight excluding hydrogens is 196 g/mol. The van der Waals surface area contributed by atoms with Crippen LogP contribution in [0.3, 0.4) is 0 Å². The van der Waals surface area contributed by atoms with Crippen LogP contribution in [0.25, 0.3) is 11.3 Å². The first-order valence-electron chi connectivity index (χ1n) is 5.58. The minimum Gasteiger partial charge on any atom is -0.241 e. The summed E-state index contributed by atoms with van der Waals surface area (Å²) < 4.78 is 0. The van der Waals surface area contributed by atoms with E-state index in [1.54, 1.807) is 6.33 Å². The molecule has 2 aromatic rings. The van der Waals surface area contributed by atoms with Crippen molar-refractivity contribution in [3.8, 4) is 11.3 Å². The Labute approximate surface area is 95.4 Å². The van der Waals surface area contributed by atoms with E-state index in [1.165, 1.54) is 27.8 Å². The van der Waals surface area contributed by atoms with Crippen molar-refractivity contribution in [1.82, 2.24) is 9.97 Å². The number of hydrogen-bond acceptors (Lipinski definition) is 2. The van der Waals surface area contributed by atoms with Crippen LogP contribution in [0, 0.1) is 20.8 Å². The molecule has 0 unspecified atom stereocenters. The van der Waals surface area contributed by atoms with Crippen molar-refractivity contribution in [2.75, 3.05) is 0 Å². The van der Waals surface area contributed by atoms with E-state index in [4.69, 9.17) is 0 Å². The van der Waals surface area contributed by atoms with Crippen LogP contribution in [0.5, 0.6) is 0 Å². The predicted molar refractivity (Wildman–Crippen MR) is 64.5 cm³/mol. The molecule has 1 heterocycles. The molecular formula is C14H14N2. The molecule has 1 aliphatic carbocycles. The van der Waals surface area contributed by atoms with Crippen LogP contribution in [0.4, 0.5) is 0 Å². The van der Waals surface area contributed by atoms with E-state index in [9.17, 15) is 0 Å². The lowest BCUT2D eigenvalue weighted by molar-refractivity contribution is 1.05. The highest BCUT2D eigenvalue weighted by molar-refractivity contribution is 5.75. The van der Waals surface area contributed by atoms with Gasteiger partial charge in [-0.2, -0.15) is 0 Å². The van der Waals surface area contributed by atoms with Crippen LogP contribution in [0.1, 0.15) is 27.9 Å². The number of nitrogens with zero attached hydrogens (tertiary/aromatic N) is 2. The molecule has 1 aromatic carbocycles. The minimum absolute atomic E-state index is 0.991. The van der Waals surface area contributed by atoms with Gasteiger partial charge >= 0.3 is 0 Å². The Hall–Kier alpha value is -1.70. The Morgan fingerprint density at radius 3 is 2.62 bits per heavy atom. The van der Waals surface area contributed by atoms with E-state index in [1.807, 2.05) is 0 Å². The van der Waals surface area contributed by atoms with Crippen molar-refractivity contribution in [3.63, 3.8) is 0 Å². The Morgan fingerprint density at radius 1 is 1.00 bits per heavy atom. The Kier molecular flexibility index (Phi) is 1.87. The van der Waals surface area contributed by atoms with Gasteiger partial charge in [0.25, 0.3) is 0 Å². The topological polar surface area (TPSA) is 25.8 Å². The maximum atomic E-state index is 4.42. The van der Waals surface area contributed by atoms with E-state index in [0.717, 1.165) is 17.8 Å². The largest absolute Gasteiger partial charge is 0.241 e. The number of aryl methyl sites for hydroxylation is 2. The molecule has 16 heavy (non-hydrogen) atoms. The van der Waals surface area contributed by atoms with Gasteiger partial charge in [-0.25, -0.2) is 9.97 Å². The fourth-order valence-electron chi connectivity index (χ4n) is 2.44. The first kappa shape index (κ1) is 9.52. The normalized spacial score (nSPS) is 12.4. The van der Waals surface area contributed by atoms with Gasteiger partial charge in [-0.15, -0.1) is 0 Å². The molecule has 0 bridgehead atoms. The smallest absolute Gasteiger partial charge is 0.116 e. The molecule has 0 N–H and O–H groups in total. The van der Waals surface area contributed by atoms with Crippen molar-refractivity contribution in [2.45, 2.75) is 27.2 Å². The van der Waals surface area contributed by atoms with Gasteiger partial charge in [0.05, 0.1) is 5.69 Å². The second kappa shape index (κ2) is 3.14. The summed E-state index contributed by atoms with van der Waals surface area (Å²) in [5, 5.41) is 0. The standard InChI is InChI=1S/C14H14N2/c1-8-4-5-11-12(9(8)2)6-13-10(3)15-7-16-14(11)13/h4-5,7H,6H2,1-3H3. The van der Waals surface area contributed by atoms with E-state index >= 15 is 0 Å². The number of fused-ring (bicyclic) bond motifs is 3. The molecule has 1 aromatic heterocycles. The lowest BCUT2D eigenvalue weighted by Crippen LogP contribution is -1.92. The van der Waals surface area contributed by atoms with E-state index in [2.05, 4.69) is 42.9 Å². The molecule has 3 rings (SSSR count). The number of hydrogen-bond donors (Lipinski definition) is 0. The highest BCUT2D eigenvalue weighted by Crippen LogP contribution is 2.38. The van der Waals surface area contributed by atoms with Gasteiger partial charge in [0.15, 0.2) is 0 Å². The van der Waals surface area contributed by atoms with Crippen LogP contribution in [0.2, 0.25) is 0 Å². The third kappa shape index (κ3) is 1.13. The third-order valence-electron chi connectivity index (χ3n) is 3.64. The molecule has 80 valence electrons. The quantitative estimate of drug-likeness (QED) is 0.570. The summed E-state index contributed by atoms with van der Waals surface area (Å²) in [5.74, 6) is 0. The van der Waals surface area contributed by atoms with Gasteiger partial charge in [-0.1, -0.05) is 12.1 Å². The van der Waals surface area contributed by atoms with E-state index < -0.39 is 0 Å². The SMILES string of the molecule is Cc1ccc2c(c1C)Cc1c(C)ncnc1-2. The maximum absolute atomic E-state index is 4.42. The maximum Gasteiger partial charge on any atom is 0.116 e. The fraction of sp³-hybridized carbons (Fsp3) is 0.286. The van der Waals surface area contributed by atoms with Crippen LogP contribution >= 0.6 is 0 Å². The average molecular weight is 210 g/mol. The zero-order valence-corrected chi connectivity index (χ0v) is 9.83. The second-order valence-corrected chi connectivity index (χ2v) is 4.50. The van der Waals surface area contributed by atoms with Crippen molar-refractivity contribution in [1.29, 1.82) is 0 Å². The van der Waals surface area contributed by atoms with Gasteiger partial charge in [0, 0.05) is 23.2 Å². The number of benzene rings is 1. The van der Waals surface area contributed by atoms with Crippen molar-refractivity contribution < 1.29 is 0 Å². The molecule has 0 fully saturated rings. The molecule has 1 aliphatic rings. The molecule has 0 radical (unpaired) electrons. The highest BCUT2D eigenvalue weighted by atomic mass is 14.8. The first-order valence-corrected chi connectivity index (χ1v) is 5.58. The fourth-order valence-corrected chi connectivity index (χ4v) is 2.44. The summed E-state index contributed by atoms with van der Waals surface area (Å²) in [4.78, 5) is 8.70. The number of aromatic nitrogens is 2. The molecule has 2 heteroatoms. The van der Waals surface area contributed by atoms with Gasteiger partial charge < -0.3 is 0 Å². The van der Waals surface area contributed by atoms with Crippen LogP contribution < -0.4 is 0 Å².